The second-order valence-electron chi connectivity index (χ2n) is 6.29. The summed E-state index contributed by atoms with van der Waals surface area (Å²) in [5.41, 5.74) is 1.05. The molecule has 0 bridgehead atoms. The Hall–Kier alpha value is -2.39. The summed E-state index contributed by atoms with van der Waals surface area (Å²) in [6, 6.07) is 11.1. The molecule has 0 radical (unpaired) electrons. The molecule has 1 aliphatic rings. The molecule has 3 rings (SSSR count). The molecule has 1 saturated heterocycles. The average molecular weight is 391 g/mol. The van der Waals surface area contributed by atoms with Gasteiger partial charge in [0.1, 0.15) is 12.4 Å². The van der Waals surface area contributed by atoms with Gasteiger partial charge in [0.2, 0.25) is 10.0 Å². The monoisotopic (exact) mass is 391 g/mol. The number of aromatic nitrogens is 2. The molecule has 146 valence electrons. The first-order valence-corrected chi connectivity index (χ1v) is 10.7. The molecule has 0 atom stereocenters. The Morgan fingerprint density at radius 2 is 1.89 bits per heavy atom. The van der Waals surface area contributed by atoms with Crippen molar-refractivity contribution in [2.45, 2.75) is 12.8 Å². The lowest BCUT2D eigenvalue weighted by molar-refractivity contribution is 0.340. The zero-order chi connectivity index (χ0) is 19.0. The van der Waals surface area contributed by atoms with Crippen LogP contribution in [0, 0.1) is 0 Å². The van der Waals surface area contributed by atoms with Crippen LogP contribution in [0.25, 0.3) is 0 Å². The van der Waals surface area contributed by atoms with E-state index in [4.69, 9.17) is 4.74 Å². The molecule has 2 aromatic rings. The predicted molar refractivity (Wildman–Crippen MR) is 106 cm³/mol. The number of anilines is 2. The zero-order valence-electron chi connectivity index (χ0n) is 15.2. The van der Waals surface area contributed by atoms with Crippen LogP contribution < -0.4 is 19.7 Å². The minimum atomic E-state index is -3.39. The number of sulfonamides is 1. The van der Waals surface area contributed by atoms with Crippen molar-refractivity contribution in [2.75, 3.05) is 48.8 Å². The van der Waals surface area contributed by atoms with Gasteiger partial charge in [0, 0.05) is 32.2 Å². The molecular formula is C18H25N5O3S. The molecule has 1 aromatic carbocycles. The van der Waals surface area contributed by atoms with Crippen LogP contribution in [0.1, 0.15) is 12.8 Å². The highest BCUT2D eigenvalue weighted by molar-refractivity contribution is 7.89. The smallest absolute Gasteiger partial charge is 0.215 e. The molecule has 0 spiro atoms. The number of para-hydroxylation sites is 1. The number of hydrogen-bond donors (Lipinski definition) is 2. The summed E-state index contributed by atoms with van der Waals surface area (Å²) in [7, 11) is -3.39. The van der Waals surface area contributed by atoms with Gasteiger partial charge in [-0.3, -0.25) is 0 Å². The largest absolute Gasteiger partial charge is 0.492 e. The lowest BCUT2D eigenvalue weighted by atomic mass is 10.3. The number of hydrogen-bond acceptors (Lipinski definition) is 7. The van der Waals surface area contributed by atoms with Crippen LogP contribution in [0.2, 0.25) is 0 Å². The lowest BCUT2D eigenvalue weighted by Crippen LogP contribution is -2.32. The highest BCUT2D eigenvalue weighted by Crippen LogP contribution is 2.20. The average Bonchev–Trinajstić information content (AvgIpc) is 3.21. The summed E-state index contributed by atoms with van der Waals surface area (Å²) >= 11 is 0. The predicted octanol–water partition coefficient (Wildman–Crippen LogP) is 1.49. The van der Waals surface area contributed by atoms with Crippen molar-refractivity contribution >= 4 is 21.5 Å². The second-order valence-corrected chi connectivity index (χ2v) is 8.22. The number of rotatable bonds is 10. The van der Waals surface area contributed by atoms with Gasteiger partial charge in [-0.1, -0.05) is 18.2 Å². The van der Waals surface area contributed by atoms with E-state index in [2.05, 4.69) is 25.1 Å². The minimum absolute atomic E-state index is 0.0911. The first-order valence-electron chi connectivity index (χ1n) is 9.09. The molecule has 8 nitrogen and oxygen atoms in total. The van der Waals surface area contributed by atoms with Crippen molar-refractivity contribution in [1.82, 2.24) is 14.9 Å². The number of benzene rings is 1. The summed E-state index contributed by atoms with van der Waals surface area (Å²) in [6.45, 7) is 2.88. The highest BCUT2D eigenvalue weighted by atomic mass is 32.2. The normalized spacial score (nSPS) is 14.3. The Labute approximate surface area is 160 Å². The first kappa shape index (κ1) is 19.4. The lowest BCUT2D eigenvalue weighted by Gasteiger charge is -2.17. The SMILES string of the molecule is O=S(=O)(CCOc1ccccc1)NCCNc1cc(N2CCCC2)cnn1. The molecule has 27 heavy (non-hydrogen) atoms. The fraction of sp³-hybridized carbons (Fsp3) is 0.444. The molecule has 2 N–H and O–H groups in total. The molecule has 0 aliphatic carbocycles. The third-order valence-corrected chi connectivity index (χ3v) is 5.58. The molecule has 1 fully saturated rings. The minimum Gasteiger partial charge on any atom is -0.492 e. The van der Waals surface area contributed by atoms with Crippen LogP contribution in [-0.4, -0.2) is 57.2 Å². The summed E-state index contributed by atoms with van der Waals surface area (Å²) in [6.07, 6.45) is 4.15. The van der Waals surface area contributed by atoms with Gasteiger partial charge in [0.25, 0.3) is 0 Å². The maximum atomic E-state index is 12.0. The maximum Gasteiger partial charge on any atom is 0.215 e. The van der Waals surface area contributed by atoms with Gasteiger partial charge in [-0.25, -0.2) is 13.1 Å². The van der Waals surface area contributed by atoms with Crippen molar-refractivity contribution < 1.29 is 13.2 Å². The van der Waals surface area contributed by atoms with E-state index in [0.717, 1.165) is 18.8 Å². The molecule has 9 heteroatoms. The second kappa shape index (κ2) is 9.52. The van der Waals surface area contributed by atoms with E-state index in [9.17, 15) is 8.42 Å². The quantitative estimate of drug-likeness (QED) is 0.592. The van der Waals surface area contributed by atoms with E-state index in [1.54, 1.807) is 18.3 Å². The molecule has 2 heterocycles. The van der Waals surface area contributed by atoms with Crippen LogP contribution in [0.4, 0.5) is 11.5 Å². The number of nitrogens with zero attached hydrogens (tertiary/aromatic N) is 3. The van der Waals surface area contributed by atoms with Gasteiger partial charge < -0.3 is 15.0 Å². The van der Waals surface area contributed by atoms with Crippen LogP contribution in [-0.2, 0) is 10.0 Å². The van der Waals surface area contributed by atoms with Crippen LogP contribution in [0.15, 0.2) is 42.6 Å². The van der Waals surface area contributed by atoms with E-state index in [0.29, 0.717) is 18.1 Å². The molecular weight excluding hydrogens is 366 g/mol. The summed E-state index contributed by atoms with van der Waals surface area (Å²) < 4.78 is 32.0. The standard InChI is InChI=1S/C18H25N5O3S/c24-27(25,13-12-26-17-6-2-1-3-7-17)21-9-8-19-18-14-16(15-20-22-18)23-10-4-5-11-23/h1-3,6-7,14-15,21H,4-5,8-13H2,(H,19,22). The fourth-order valence-corrected chi connectivity index (χ4v) is 3.71. The van der Waals surface area contributed by atoms with E-state index in [-0.39, 0.29) is 18.9 Å². The number of nitrogens with one attached hydrogen (secondary N) is 2. The van der Waals surface area contributed by atoms with Gasteiger partial charge in [0.05, 0.1) is 17.6 Å². The van der Waals surface area contributed by atoms with Gasteiger partial charge in [-0.2, -0.15) is 5.10 Å². The Morgan fingerprint density at radius 3 is 2.67 bits per heavy atom. The van der Waals surface area contributed by atoms with Crippen LogP contribution >= 0.6 is 0 Å². The van der Waals surface area contributed by atoms with Gasteiger partial charge in [-0.15, -0.1) is 5.10 Å². The van der Waals surface area contributed by atoms with Gasteiger partial charge in [-0.05, 0) is 25.0 Å². The van der Waals surface area contributed by atoms with Crippen molar-refractivity contribution in [2.24, 2.45) is 0 Å². The fourth-order valence-electron chi connectivity index (χ4n) is 2.85. The summed E-state index contributed by atoms with van der Waals surface area (Å²) in [5, 5.41) is 11.2. The summed E-state index contributed by atoms with van der Waals surface area (Å²) in [4.78, 5) is 2.27. The topological polar surface area (TPSA) is 96.5 Å². The van der Waals surface area contributed by atoms with Crippen molar-refractivity contribution in [1.29, 1.82) is 0 Å². The first-order chi connectivity index (χ1) is 13.1. The molecule has 1 aromatic heterocycles. The Bertz CT molecular complexity index is 811. The molecule has 0 amide bonds. The third kappa shape index (κ3) is 6.37. The van der Waals surface area contributed by atoms with Gasteiger partial charge in [0.15, 0.2) is 5.82 Å². The van der Waals surface area contributed by atoms with E-state index < -0.39 is 10.0 Å². The Balaban J connectivity index is 1.37. The van der Waals surface area contributed by atoms with Crippen molar-refractivity contribution in [3.8, 4) is 5.75 Å². The van der Waals surface area contributed by atoms with Crippen LogP contribution in [0.3, 0.4) is 0 Å². The van der Waals surface area contributed by atoms with Gasteiger partial charge >= 0.3 is 0 Å². The zero-order valence-corrected chi connectivity index (χ0v) is 16.0. The van der Waals surface area contributed by atoms with Crippen molar-refractivity contribution in [3.63, 3.8) is 0 Å². The third-order valence-electron chi connectivity index (χ3n) is 4.23. The molecule has 0 saturated carbocycles. The Morgan fingerprint density at radius 1 is 1.11 bits per heavy atom. The van der Waals surface area contributed by atoms with E-state index >= 15 is 0 Å². The maximum absolute atomic E-state index is 12.0. The van der Waals surface area contributed by atoms with Crippen LogP contribution in [0.5, 0.6) is 5.75 Å². The molecule has 1 aliphatic heterocycles. The molecule has 0 unspecified atom stereocenters. The summed E-state index contributed by atoms with van der Waals surface area (Å²) in [5.74, 6) is 1.21. The Kier molecular flexibility index (Phi) is 6.83. The van der Waals surface area contributed by atoms with E-state index in [1.807, 2.05) is 24.3 Å². The van der Waals surface area contributed by atoms with Crippen molar-refractivity contribution in [3.05, 3.63) is 42.6 Å². The van der Waals surface area contributed by atoms with E-state index in [1.165, 1.54) is 12.8 Å². The number of ether oxygens (including phenoxy) is 1. The highest BCUT2D eigenvalue weighted by Gasteiger charge is 2.13.